The first kappa shape index (κ1) is 21.1. The molecule has 2 aromatic rings. The first-order valence-electron chi connectivity index (χ1n) is 10.2. The molecule has 1 saturated heterocycles. The number of carbonyl (C=O) groups excluding carboxylic acids is 1. The fourth-order valence-corrected chi connectivity index (χ4v) is 3.82. The first-order valence-corrected chi connectivity index (χ1v) is 10.6. The Labute approximate surface area is 178 Å². The van der Waals surface area contributed by atoms with Crippen LogP contribution in [0.2, 0.25) is 0 Å². The highest BCUT2D eigenvalue weighted by Crippen LogP contribution is 2.21. The van der Waals surface area contributed by atoms with Crippen molar-refractivity contribution in [3.05, 3.63) is 59.7 Å². The molecule has 1 amide bonds. The van der Waals surface area contributed by atoms with Crippen molar-refractivity contribution in [2.24, 2.45) is 0 Å². The van der Waals surface area contributed by atoms with Crippen molar-refractivity contribution in [2.45, 2.75) is 38.6 Å². The van der Waals surface area contributed by atoms with Gasteiger partial charge in [0.1, 0.15) is 5.75 Å². The van der Waals surface area contributed by atoms with E-state index in [1.165, 1.54) is 6.42 Å². The number of hydrogen-bond donors (Lipinski definition) is 2. The molecule has 0 spiro atoms. The maximum Gasteiger partial charge on any atom is 0.253 e. The van der Waals surface area contributed by atoms with Gasteiger partial charge in [0.2, 0.25) is 0 Å². The van der Waals surface area contributed by atoms with E-state index < -0.39 is 0 Å². The Morgan fingerprint density at radius 3 is 2.31 bits per heavy atom. The minimum atomic E-state index is 0.112. The van der Waals surface area contributed by atoms with Gasteiger partial charge in [-0.15, -0.1) is 0 Å². The summed E-state index contributed by atoms with van der Waals surface area (Å²) < 4.78 is 5.22. The summed E-state index contributed by atoms with van der Waals surface area (Å²) in [6.07, 6.45) is 4.31. The minimum Gasteiger partial charge on any atom is -0.497 e. The number of nitrogens with zero attached hydrogens (tertiary/aromatic N) is 1. The molecule has 29 heavy (non-hydrogen) atoms. The van der Waals surface area contributed by atoms with Gasteiger partial charge in [-0.2, -0.15) is 0 Å². The fourth-order valence-electron chi connectivity index (χ4n) is 3.56. The monoisotopic (exact) mass is 411 g/mol. The number of hydrogen-bond acceptors (Lipinski definition) is 3. The number of piperidine rings is 1. The zero-order valence-corrected chi connectivity index (χ0v) is 17.9. The van der Waals surface area contributed by atoms with Crippen molar-refractivity contribution in [2.75, 3.05) is 25.5 Å². The minimum absolute atomic E-state index is 0.112. The number of anilines is 1. The summed E-state index contributed by atoms with van der Waals surface area (Å²) in [6.45, 7) is 3.83. The fraction of sp³-hybridized carbons (Fsp3) is 0.391. The Morgan fingerprint density at radius 1 is 1.07 bits per heavy atom. The molecule has 0 unspecified atom stereocenters. The Kier molecular flexibility index (Phi) is 7.47. The van der Waals surface area contributed by atoms with Gasteiger partial charge in [0.15, 0.2) is 5.11 Å². The van der Waals surface area contributed by atoms with Crippen LogP contribution in [0.4, 0.5) is 5.69 Å². The number of ether oxygens (including phenoxy) is 1. The highest BCUT2D eigenvalue weighted by Gasteiger charge is 2.18. The molecule has 6 heteroatoms. The van der Waals surface area contributed by atoms with E-state index >= 15 is 0 Å². The van der Waals surface area contributed by atoms with Crippen LogP contribution in [-0.4, -0.2) is 36.1 Å². The van der Waals surface area contributed by atoms with Crippen LogP contribution in [0, 0.1) is 0 Å². The quantitative estimate of drug-likeness (QED) is 0.671. The molecule has 0 radical (unpaired) electrons. The van der Waals surface area contributed by atoms with Crippen molar-refractivity contribution < 1.29 is 9.53 Å². The molecule has 0 aliphatic carbocycles. The van der Waals surface area contributed by atoms with E-state index in [1.807, 2.05) is 53.4 Å². The molecule has 1 aliphatic heterocycles. The Hall–Kier alpha value is -2.60. The van der Waals surface area contributed by atoms with E-state index in [0.717, 1.165) is 54.9 Å². The molecule has 0 aromatic heterocycles. The van der Waals surface area contributed by atoms with E-state index in [2.05, 4.69) is 17.6 Å². The zero-order valence-electron chi connectivity index (χ0n) is 17.1. The topological polar surface area (TPSA) is 53.6 Å². The molecule has 3 rings (SSSR count). The van der Waals surface area contributed by atoms with Crippen LogP contribution in [-0.2, 0) is 0 Å². The van der Waals surface area contributed by atoms with Gasteiger partial charge < -0.3 is 20.3 Å². The van der Waals surface area contributed by atoms with Crippen molar-refractivity contribution >= 4 is 28.9 Å². The van der Waals surface area contributed by atoms with Gasteiger partial charge in [0, 0.05) is 24.3 Å². The molecular formula is C23H29N3O2S. The molecule has 2 aromatic carbocycles. The van der Waals surface area contributed by atoms with Crippen molar-refractivity contribution in [1.29, 1.82) is 0 Å². The van der Waals surface area contributed by atoms with Gasteiger partial charge >= 0.3 is 0 Å². The number of rotatable bonds is 6. The molecule has 2 N–H and O–H groups in total. The number of carbonyl (C=O) groups is 1. The average molecular weight is 412 g/mol. The molecule has 1 atom stereocenters. The van der Waals surface area contributed by atoms with Crippen LogP contribution in [0.5, 0.6) is 5.75 Å². The molecule has 1 aliphatic rings. The number of thiocarbonyl (C=S) groups is 1. The summed E-state index contributed by atoms with van der Waals surface area (Å²) in [6, 6.07) is 15.6. The highest BCUT2D eigenvalue weighted by molar-refractivity contribution is 7.80. The first-order chi connectivity index (χ1) is 14.1. The highest BCUT2D eigenvalue weighted by atomic mass is 32.1. The third-order valence-electron chi connectivity index (χ3n) is 5.26. The van der Waals surface area contributed by atoms with Crippen molar-refractivity contribution in [3.63, 3.8) is 0 Å². The van der Waals surface area contributed by atoms with Crippen LogP contribution in [0.15, 0.2) is 48.5 Å². The third kappa shape index (κ3) is 5.70. The van der Waals surface area contributed by atoms with Crippen LogP contribution in [0.25, 0.3) is 0 Å². The summed E-state index contributed by atoms with van der Waals surface area (Å²) >= 11 is 5.49. The molecule has 5 nitrogen and oxygen atoms in total. The number of nitrogens with one attached hydrogen (secondary N) is 2. The maximum absolute atomic E-state index is 12.6. The van der Waals surface area contributed by atoms with Gasteiger partial charge in [0.25, 0.3) is 5.91 Å². The summed E-state index contributed by atoms with van der Waals surface area (Å²) in [5, 5.41) is 7.14. The van der Waals surface area contributed by atoms with Gasteiger partial charge in [-0.1, -0.05) is 19.1 Å². The molecule has 0 bridgehead atoms. The summed E-state index contributed by atoms with van der Waals surface area (Å²) in [7, 11) is 1.66. The van der Waals surface area contributed by atoms with E-state index in [-0.39, 0.29) is 11.9 Å². The Bertz CT molecular complexity index is 815. The van der Waals surface area contributed by atoms with Crippen molar-refractivity contribution in [1.82, 2.24) is 10.2 Å². The molecular weight excluding hydrogens is 382 g/mol. The van der Waals surface area contributed by atoms with E-state index in [1.54, 1.807) is 7.11 Å². The standard InChI is InChI=1S/C23H29N3O2S/c1-3-21(17-9-13-20(28-2)14-10-17)25-23(29)24-19-11-7-18(8-12-19)22(27)26-15-5-4-6-16-26/h7-14,21H,3-6,15-16H2,1-2H3,(H2,24,25,29)/t21-/m1/s1. The lowest BCUT2D eigenvalue weighted by molar-refractivity contribution is 0.0724. The molecule has 154 valence electrons. The summed E-state index contributed by atoms with van der Waals surface area (Å²) in [5.74, 6) is 0.950. The van der Waals surface area contributed by atoms with Gasteiger partial charge in [-0.05, 0) is 79.9 Å². The Balaban J connectivity index is 1.57. The second-order valence-electron chi connectivity index (χ2n) is 7.26. The lowest BCUT2D eigenvalue weighted by Gasteiger charge is -2.26. The normalized spacial score (nSPS) is 14.8. The van der Waals surface area contributed by atoms with Crippen LogP contribution in [0.3, 0.4) is 0 Å². The number of likely N-dealkylation sites (tertiary alicyclic amines) is 1. The predicted molar refractivity (Wildman–Crippen MR) is 122 cm³/mol. The SMILES string of the molecule is CC[C@@H](NC(=S)Nc1ccc(C(=O)N2CCCCC2)cc1)c1ccc(OC)cc1. The second kappa shape index (κ2) is 10.3. The third-order valence-corrected chi connectivity index (χ3v) is 5.48. The van der Waals surface area contributed by atoms with E-state index in [9.17, 15) is 4.79 Å². The Morgan fingerprint density at radius 2 is 1.72 bits per heavy atom. The summed E-state index contributed by atoms with van der Waals surface area (Å²) in [5.41, 5.74) is 2.74. The summed E-state index contributed by atoms with van der Waals surface area (Å²) in [4.78, 5) is 14.5. The lowest BCUT2D eigenvalue weighted by atomic mass is 10.0. The van der Waals surface area contributed by atoms with Crippen LogP contribution >= 0.6 is 12.2 Å². The van der Waals surface area contributed by atoms with E-state index in [0.29, 0.717) is 5.11 Å². The molecule has 0 saturated carbocycles. The van der Waals surface area contributed by atoms with Gasteiger partial charge in [-0.25, -0.2) is 0 Å². The zero-order chi connectivity index (χ0) is 20.6. The van der Waals surface area contributed by atoms with Crippen LogP contribution < -0.4 is 15.4 Å². The van der Waals surface area contributed by atoms with Crippen molar-refractivity contribution in [3.8, 4) is 5.75 Å². The van der Waals surface area contributed by atoms with E-state index in [4.69, 9.17) is 17.0 Å². The van der Waals surface area contributed by atoms with Gasteiger partial charge in [0.05, 0.1) is 13.2 Å². The second-order valence-corrected chi connectivity index (χ2v) is 7.67. The molecule has 1 fully saturated rings. The predicted octanol–water partition coefficient (Wildman–Crippen LogP) is 4.76. The van der Waals surface area contributed by atoms with Crippen LogP contribution in [0.1, 0.15) is 54.6 Å². The average Bonchev–Trinajstić information content (AvgIpc) is 2.78. The number of amides is 1. The lowest BCUT2D eigenvalue weighted by Crippen LogP contribution is -2.35. The number of methoxy groups -OCH3 is 1. The van der Waals surface area contributed by atoms with Gasteiger partial charge in [-0.3, -0.25) is 4.79 Å². The smallest absolute Gasteiger partial charge is 0.253 e. The largest absolute Gasteiger partial charge is 0.497 e. The number of benzene rings is 2. The molecule has 1 heterocycles. The maximum atomic E-state index is 12.6.